The largest absolute Gasteiger partial charge is 0.472 e. The Bertz CT molecular complexity index is 1190. The van der Waals surface area contributed by atoms with Gasteiger partial charge in [0.25, 0.3) is 5.91 Å². The average Bonchev–Trinajstić information content (AvgIpc) is 3.51. The highest BCUT2D eigenvalue weighted by Crippen LogP contribution is 2.34. The molecule has 2 saturated heterocycles. The third-order valence-electron chi connectivity index (χ3n) is 6.29. The van der Waals surface area contributed by atoms with E-state index in [4.69, 9.17) is 4.42 Å². The van der Waals surface area contributed by atoms with Crippen LogP contribution in [0.25, 0.3) is 0 Å². The zero-order valence-corrected chi connectivity index (χ0v) is 20.8. The summed E-state index contributed by atoms with van der Waals surface area (Å²) in [4.78, 5) is 44.7. The van der Waals surface area contributed by atoms with Gasteiger partial charge in [-0.15, -0.1) is 0 Å². The minimum Gasteiger partial charge on any atom is -0.472 e. The number of Topliss-reactive ketones (excluding diaryl/α,β-unsaturated/α-hetero) is 1. The molecule has 2 aromatic heterocycles. The Balaban J connectivity index is 1.53. The van der Waals surface area contributed by atoms with Gasteiger partial charge in [0.1, 0.15) is 18.3 Å². The molecule has 0 spiro atoms. The van der Waals surface area contributed by atoms with Crippen molar-refractivity contribution in [1.82, 2.24) is 19.5 Å². The topological polar surface area (TPSA) is 130 Å². The van der Waals surface area contributed by atoms with Crippen LogP contribution in [0.1, 0.15) is 49.5 Å². The van der Waals surface area contributed by atoms with Crippen molar-refractivity contribution in [3.05, 3.63) is 54.2 Å². The second-order valence-corrected chi connectivity index (χ2v) is 12.2. The molecule has 10 nitrogen and oxygen atoms in total. The molecule has 0 aromatic carbocycles. The van der Waals surface area contributed by atoms with Crippen LogP contribution in [-0.4, -0.2) is 71.4 Å². The van der Waals surface area contributed by atoms with E-state index >= 15 is 0 Å². The number of sulfonamides is 1. The van der Waals surface area contributed by atoms with Crippen LogP contribution in [0.4, 0.5) is 0 Å². The third kappa shape index (κ3) is 5.46. The van der Waals surface area contributed by atoms with Crippen molar-refractivity contribution in [2.45, 2.75) is 57.5 Å². The number of nitrogens with one attached hydrogen (secondary N) is 1. The van der Waals surface area contributed by atoms with E-state index in [1.807, 2.05) is 20.8 Å². The van der Waals surface area contributed by atoms with Gasteiger partial charge in [0, 0.05) is 18.9 Å². The number of furan rings is 1. The second-order valence-electron chi connectivity index (χ2n) is 10.3. The standard InChI is InChI=1S/C24H30N4O6S/c1-24(2,3)11-18(26-22(30)17-7-10-34-14-17)23(31)27-9-6-19-21(27)20(29)13-28(19)35(32,33)15-16-5-4-8-25-12-16/h4-5,7-8,10,12,14,18-19,21H,6,9,11,13,15H2,1-3H3,(H,26,30). The summed E-state index contributed by atoms with van der Waals surface area (Å²) < 4.78 is 32.5. The summed E-state index contributed by atoms with van der Waals surface area (Å²) in [6, 6.07) is 2.49. The summed E-state index contributed by atoms with van der Waals surface area (Å²) >= 11 is 0. The van der Waals surface area contributed by atoms with Gasteiger partial charge < -0.3 is 14.6 Å². The second kappa shape index (κ2) is 9.54. The predicted octanol–water partition coefficient (Wildman–Crippen LogP) is 1.59. The number of ketones is 1. The number of rotatable bonds is 7. The molecule has 3 atom stereocenters. The Labute approximate surface area is 204 Å². The van der Waals surface area contributed by atoms with Crippen molar-refractivity contribution in [2.75, 3.05) is 13.1 Å². The van der Waals surface area contributed by atoms with Crippen LogP contribution in [0, 0.1) is 5.41 Å². The molecule has 4 rings (SSSR count). The minimum atomic E-state index is -3.79. The van der Waals surface area contributed by atoms with E-state index in [0.29, 0.717) is 24.0 Å². The van der Waals surface area contributed by atoms with E-state index in [0.717, 1.165) is 0 Å². The molecular formula is C24H30N4O6S. The highest BCUT2D eigenvalue weighted by atomic mass is 32.2. The molecule has 2 aliphatic rings. The SMILES string of the molecule is CC(C)(C)CC(NC(=O)c1ccoc1)C(=O)N1CCC2C1C(=O)CN2S(=O)(=O)Cc1cccnc1. The number of fused-ring (bicyclic) bond motifs is 1. The van der Waals surface area contributed by atoms with Crippen LogP contribution < -0.4 is 5.32 Å². The summed E-state index contributed by atoms with van der Waals surface area (Å²) in [5, 5.41) is 2.78. The molecule has 35 heavy (non-hydrogen) atoms. The first-order chi connectivity index (χ1) is 16.5. The van der Waals surface area contributed by atoms with E-state index in [2.05, 4.69) is 10.3 Å². The van der Waals surface area contributed by atoms with Crippen LogP contribution in [0.2, 0.25) is 0 Å². The van der Waals surface area contributed by atoms with E-state index in [1.165, 1.54) is 34.0 Å². The first kappa shape index (κ1) is 25.1. The van der Waals surface area contributed by atoms with Crippen molar-refractivity contribution in [3.63, 3.8) is 0 Å². The van der Waals surface area contributed by atoms with Gasteiger partial charge in [0.05, 0.1) is 30.2 Å². The van der Waals surface area contributed by atoms with E-state index < -0.39 is 34.1 Å². The number of hydrogen-bond donors (Lipinski definition) is 1. The first-order valence-corrected chi connectivity index (χ1v) is 13.1. The molecule has 0 aliphatic carbocycles. The number of aromatic nitrogens is 1. The minimum absolute atomic E-state index is 0.237. The summed E-state index contributed by atoms with van der Waals surface area (Å²) in [7, 11) is -3.79. The summed E-state index contributed by atoms with van der Waals surface area (Å²) in [5.74, 6) is -1.41. The summed E-state index contributed by atoms with van der Waals surface area (Å²) in [6.07, 6.45) is 6.42. The smallest absolute Gasteiger partial charge is 0.255 e. The molecule has 0 bridgehead atoms. The Morgan fingerprint density at radius 2 is 2.06 bits per heavy atom. The monoisotopic (exact) mass is 502 g/mol. The van der Waals surface area contributed by atoms with Gasteiger partial charge in [-0.1, -0.05) is 26.8 Å². The highest BCUT2D eigenvalue weighted by Gasteiger charge is 2.54. The Morgan fingerprint density at radius 1 is 1.29 bits per heavy atom. The molecule has 0 radical (unpaired) electrons. The molecule has 188 valence electrons. The third-order valence-corrected chi connectivity index (χ3v) is 8.11. The summed E-state index contributed by atoms with van der Waals surface area (Å²) in [6.45, 7) is 5.83. The van der Waals surface area contributed by atoms with Crippen LogP contribution in [0.3, 0.4) is 0 Å². The maximum absolute atomic E-state index is 13.6. The summed E-state index contributed by atoms with van der Waals surface area (Å²) in [5.41, 5.74) is 0.532. The lowest BCUT2D eigenvalue weighted by Gasteiger charge is -2.31. The van der Waals surface area contributed by atoms with E-state index in [1.54, 1.807) is 18.3 Å². The predicted molar refractivity (Wildman–Crippen MR) is 127 cm³/mol. The molecule has 4 heterocycles. The fourth-order valence-corrected chi connectivity index (χ4v) is 6.52. The number of nitrogens with zero attached hydrogens (tertiary/aromatic N) is 3. The van der Waals surface area contributed by atoms with Gasteiger partial charge in [0.2, 0.25) is 15.9 Å². The van der Waals surface area contributed by atoms with Crippen molar-refractivity contribution in [2.24, 2.45) is 5.41 Å². The molecule has 2 aliphatic heterocycles. The zero-order valence-electron chi connectivity index (χ0n) is 20.0. The Hall–Kier alpha value is -3.05. The molecule has 2 amide bonds. The van der Waals surface area contributed by atoms with Crippen molar-refractivity contribution in [1.29, 1.82) is 0 Å². The number of carbonyl (C=O) groups is 3. The lowest BCUT2D eigenvalue weighted by molar-refractivity contribution is -0.138. The fourth-order valence-electron chi connectivity index (χ4n) is 4.81. The number of pyridine rings is 1. The first-order valence-electron chi connectivity index (χ1n) is 11.5. The average molecular weight is 503 g/mol. The molecule has 3 unspecified atom stereocenters. The number of amides is 2. The van der Waals surface area contributed by atoms with E-state index in [-0.39, 0.29) is 35.9 Å². The van der Waals surface area contributed by atoms with Gasteiger partial charge in [-0.05, 0) is 36.0 Å². The Morgan fingerprint density at radius 3 is 2.69 bits per heavy atom. The quantitative estimate of drug-likeness (QED) is 0.609. The Kier molecular flexibility index (Phi) is 6.83. The van der Waals surface area contributed by atoms with Crippen LogP contribution in [-0.2, 0) is 25.4 Å². The van der Waals surface area contributed by atoms with Crippen molar-refractivity contribution < 1.29 is 27.2 Å². The molecule has 2 aromatic rings. The number of carbonyl (C=O) groups excluding carboxylic acids is 3. The fraction of sp³-hybridized carbons (Fsp3) is 0.500. The van der Waals surface area contributed by atoms with E-state index in [9.17, 15) is 22.8 Å². The number of hydrogen-bond acceptors (Lipinski definition) is 7. The van der Waals surface area contributed by atoms with Gasteiger partial charge in [-0.25, -0.2) is 8.42 Å². The lowest BCUT2D eigenvalue weighted by Crippen LogP contribution is -2.53. The number of likely N-dealkylation sites (tertiary alicyclic amines) is 1. The molecule has 1 N–H and O–H groups in total. The normalized spacial score (nSPS) is 21.7. The lowest BCUT2D eigenvalue weighted by atomic mass is 9.87. The maximum Gasteiger partial charge on any atom is 0.255 e. The van der Waals surface area contributed by atoms with Crippen molar-refractivity contribution in [3.8, 4) is 0 Å². The zero-order chi connectivity index (χ0) is 25.4. The molecule has 0 saturated carbocycles. The van der Waals surface area contributed by atoms with Gasteiger partial charge in [-0.2, -0.15) is 4.31 Å². The molecular weight excluding hydrogens is 472 g/mol. The van der Waals surface area contributed by atoms with Crippen molar-refractivity contribution >= 4 is 27.6 Å². The van der Waals surface area contributed by atoms with Gasteiger partial charge >= 0.3 is 0 Å². The van der Waals surface area contributed by atoms with Crippen LogP contribution >= 0.6 is 0 Å². The van der Waals surface area contributed by atoms with Crippen LogP contribution in [0.15, 0.2) is 47.5 Å². The molecule has 11 heteroatoms. The molecule has 2 fully saturated rings. The van der Waals surface area contributed by atoms with Gasteiger partial charge in [-0.3, -0.25) is 19.4 Å². The van der Waals surface area contributed by atoms with Gasteiger partial charge in [0.15, 0.2) is 5.78 Å². The highest BCUT2D eigenvalue weighted by molar-refractivity contribution is 7.88. The maximum atomic E-state index is 13.6. The van der Waals surface area contributed by atoms with Crippen LogP contribution in [0.5, 0.6) is 0 Å².